The fourth-order valence-corrected chi connectivity index (χ4v) is 7.57. The second kappa shape index (κ2) is 13.0. The van der Waals surface area contributed by atoms with Crippen LogP contribution in [0.2, 0.25) is 0 Å². The average Bonchev–Trinajstić information content (AvgIpc) is 3.73. The maximum absolute atomic E-state index is 14.2. The number of anilines is 1. The molecule has 232 valence electrons. The maximum Gasteiger partial charge on any atom is 0.328 e. The van der Waals surface area contributed by atoms with Crippen LogP contribution in [0.15, 0.2) is 115 Å². The molecule has 0 N–H and O–H groups in total. The van der Waals surface area contributed by atoms with Crippen molar-refractivity contribution in [3.8, 4) is 17.0 Å². The fourth-order valence-electron chi connectivity index (χ4n) is 6.41. The lowest BCUT2D eigenvalue weighted by Gasteiger charge is -2.43. The molecule has 46 heavy (non-hydrogen) atoms. The van der Waals surface area contributed by atoms with Gasteiger partial charge in [-0.15, -0.1) is 0 Å². The molecular weight excluding hydrogens is 600 g/mol. The van der Waals surface area contributed by atoms with Crippen molar-refractivity contribution in [1.82, 2.24) is 4.98 Å². The number of methoxy groups -OCH3 is 3. The zero-order valence-electron chi connectivity index (χ0n) is 25.6. The third-order valence-corrected chi connectivity index (χ3v) is 9.52. The average molecular weight is 633 g/mol. The Morgan fingerprint density at radius 3 is 1.80 bits per heavy atom. The number of benzene rings is 4. The number of carbonyl (C=O) groups excluding carboxylic acids is 3. The molecule has 0 saturated carbocycles. The first-order valence-corrected chi connectivity index (χ1v) is 15.6. The lowest BCUT2D eigenvalue weighted by molar-refractivity contribution is -0.147. The number of rotatable bonds is 9. The Kier molecular flexibility index (Phi) is 8.68. The first kappa shape index (κ1) is 30.7. The van der Waals surface area contributed by atoms with E-state index in [1.807, 2.05) is 95.9 Å². The number of hydrogen-bond acceptors (Lipinski definition) is 9. The van der Waals surface area contributed by atoms with Gasteiger partial charge in [0.15, 0.2) is 5.13 Å². The summed E-state index contributed by atoms with van der Waals surface area (Å²) < 4.78 is 16.0. The van der Waals surface area contributed by atoms with Crippen LogP contribution in [0.5, 0.6) is 5.75 Å². The zero-order chi connectivity index (χ0) is 32.3. The van der Waals surface area contributed by atoms with Gasteiger partial charge in [0, 0.05) is 11.1 Å². The lowest BCUT2D eigenvalue weighted by atomic mass is 9.73. The Labute approximate surface area is 271 Å². The summed E-state index contributed by atoms with van der Waals surface area (Å²) in [5, 5.41) is 0.394. The van der Waals surface area contributed by atoms with Gasteiger partial charge < -0.3 is 19.1 Å². The fraction of sp³-hybridized carbons (Fsp3) is 0.189. The topological polar surface area (TPSA) is 95.0 Å². The van der Waals surface area contributed by atoms with Gasteiger partial charge in [-0.2, -0.15) is 0 Å². The minimum Gasteiger partial charge on any atom is -0.497 e. The summed E-state index contributed by atoms with van der Waals surface area (Å²) in [6, 6.07) is 34.6. The molecule has 5 aromatic rings. The van der Waals surface area contributed by atoms with Crippen LogP contribution in [0.1, 0.15) is 32.8 Å². The summed E-state index contributed by atoms with van der Waals surface area (Å²) in [5.41, 5.74) is 1.97. The van der Waals surface area contributed by atoms with E-state index in [0.717, 1.165) is 16.7 Å². The normalized spacial score (nSPS) is 16.9. The Balaban J connectivity index is 1.65. The van der Waals surface area contributed by atoms with Crippen LogP contribution in [0, 0.1) is 5.92 Å². The third kappa shape index (κ3) is 5.22. The van der Waals surface area contributed by atoms with Crippen molar-refractivity contribution in [2.75, 3.05) is 26.2 Å². The number of nitrogens with zero attached hydrogens (tertiary/aromatic N) is 2. The molecule has 0 spiro atoms. The van der Waals surface area contributed by atoms with Gasteiger partial charge in [0.25, 0.3) is 0 Å². The largest absolute Gasteiger partial charge is 0.497 e. The third-order valence-electron chi connectivity index (χ3n) is 8.47. The quantitative estimate of drug-likeness (QED) is 0.134. The summed E-state index contributed by atoms with van der Waals surface area (Å²) in [4.78, 5) is 49.0. The number of aromatic nitrogens is 1. The van der Waals surface area contributed by atoms with Gasteiger partial charge in [-0.05, 0) is 41.8 Å². The van der Waals surface area contributed by atoms with Gasteiger partial charge in [-0.25, -0.2) is 9.78 Å². The van der Waals surface area contributed by atoms with Crippen molar-refractivity contribution in [1.29, 1.82) is 0 Å². The SMILES string of the molecule is COC(=O)[C@H]1C[C@@H](C(=O)OC)C(c2ccccc2)(c2ccccc2)N1c1nc(-c2ccccc2)c(C(=O)c2ccc(OC)cc2)s1. The van der Waals surface area contributed by atoms with E-state index in [1.165, 1.54) is 25.6 Å². The Hall–Kier alpha value is -5.28. The predicted octanol–water partition coefficient (Wildman–Crippen LogP) is 6.53. The molecule has 2 atom stereocenters. The number of thiazole rings is 1. The molecule has 0 bridgehead atoms. The second-order valence-corrected chi connectivity index (χ2v) is 11.8. The van der Waals surface area contributed by atoms with Crippen LogP contribution < -0.4 is 9.64 Å². The van der Waals surface area contributed by atoms with Gasteiger partial charge >= 0.3 is 11.9 Å². The van der Waals surface area contributed by atoms with Gasteiger partial charge in [-0.1, -0.05) is 102 Å². The van der Waals surface area contributed by atoms with Crippen LogP contribution in [-0.2, 0) is 24.6 Å². The summed E-state index contributed by atoms with van der Waals surface area (Å²) in [7, 11) is 4.25. The molecule has 4 aromatic carbocycles. The van der Waals surface area contributed by atoms with E-state index in [4.69, 9.17) is 19.2 Å². The monoisotopic (exact) mass is 632 g/mol. The van der Waals surface area contributed by atoms with E-state index in [9.17, 15) is 14.4 Å². The maximum atomic E-state index is 14.2. The molecule has 1 fully saturated rings. The highest BCUT2D eigenvalue weighted by Crippen LogP contribution is 2.55. The molecule has 1 aromatic heterocycles. The predicted molar refractivity (Wildman–Crippen MR) is 176 cm³/mol. The first-order chi connectivity index (χ1) is 22.4. The smallest absolute Gasteiger partial charge is 0.328 e. The Bertz CT molecular complexity index is 1800. The van der Waals surface area contributed by atoms with E-state index in [0.29, 0.717) is 27.0 Å². The van der Waals surface area contributed by atoms with E-state index in [2.05, 4.69) is 0 Å². The number of hydrogen-bond donors (Lipinski definition) is 0. The molecule has 0 amide bonds. The first-order valence-electron chi connectivity index (χ1n) is 14.7. The van der Waals surface area contributed by atoms with Crippen LogP contribution in [-0.4, -0.2) is 50.1 Å². The molecule has 8 nitrogen and oxygen atoms in total. The Morgan fingerprint density at radius 1 is 0.739 bits per heavy atom. The zero-order valence-corrected chi connectivity index (χ0v) is 26.4. The minimum absolute atomic E-state index is 0.102. The van der Waals surface area contributed by atoms with E-state index in [1.54, 1.807) is 31.4 Å². The summed E-state index contributed by atoms with van der Waals surface area (Å²) in [6.07, 6.45) is 0.102. The van der Waals surface area contributed by atoms with Crippen LogP contribution >= 0.6 is 11.3 Å². The molecule has 0 unspecified atom stereocenters. The molecule has 0 aliphatic carbocycles. The molecule has 6 rings (SSSR count). The number of esters is 2. The lowest BCUT2D eigenvalue weighted by Crippen LogP contribution is -2.52. The summed E-state index contributed by atoms with van der Waals surface area (Å²) in [5.74, 6) is -1.42. The summed E-state index contributed by atoms with van der Waals surface area (Å²) >= 11 is 1.18. The highest BCUT2D eigenvalue weighted by atomic mass is 32.1. The molecule has 1 aliphatic heterocycles. The number of ketones is 1. The van der Waals surface area contributed by atoms with Crippen LogP contribution in [0.4, 0.5) is 5.13 Å². The van der Waals surface area contributed by atoms with Crippen molar-refractivity contribution in [3.05, 3.63) is 137 Å². The van der Waals surface area contributed by atoms with E-state index >= 15 is 0 Å². The van der Waals surface area contributed by atoms with Crippen LogP contribution in [0.3, 0.4) is 0 Å². The Morgan fingerprint density at radius 2 is 1.28 bits per heavy atom. The minimum atomic E-state index is -1.24. The van der Waals surface area contributed by atoms with Crippen LogP contribution in [0.25, 0.3) is 11.3 Å². The van der Waals surface area contributed by atoms with E-state index < -0.39 is 29.4 Å². The highest BCUT2D eigenvalue weighted by molar-refractivity contribution is 7.18. The van der Waals surface area contributed by atoms with Crippen molar-refractivity contribution >= 4 is 34.2 Å². The van der Waals surface area contributed by atoms with Gasteiger partial charge in [0.1, 0.15) is 22.2 Å². The van der Waals surface area contributed by atoms with Crippen molar-refractivity contribution in [3.63, 3.8) is 0 Å². The van der Waals surface area contributed by atoms with Gasteiger partial charge in [0.2, 0.25) is 5.78 Å². The standard InChI is InChI=1S/C37H32N2O6S/c1-43-28-21-19-25(20-22-28)32(40)33-31(24-13-7-4-8-14-24)38-36(46-33)39-30(35(42)45-3)23-29(34(41)44-2)37(39,26-15-9-5-10-16-26)27-17-11-6-12-18-27/h4-22,29-30H,23H2,1-3H3/t29-,30+/m0/s1. The highest BCUT2D eigenvalue weighted by Gasteiger charge is 2.62. The van der Waals surface area contributed by atoms with Gasteiger partial charge in [-0.3, -0.25) is 9.59 Å². The number of carbonyl (C=O) groups is 3. The van der Waals surface area contributed by atoms with Crippen molar-refractivity contribution < 1.29 is 28.6 Å². The molecule has 0 radical (unpaired) electrons. The van der Waals surface area contributed by atoms with Crippen molar-refractivity contribution in [2.45, 2.75) is 18.0 Å². The molecule has 1 saturated heterocycles. The molecule has 2 heterocycles. The van der Waals surface area contributed by atoms with Crippen molar-refractivity contribution in [2.24, 2.45) is 5.92 Å². The second-order valence-electron chi connectivity index (χ2n) is 10.8. The number of ether oxygens (including phenoxy) is 3. The van der Waals surface area contributed by atoms with Gasteiger partial charge in [0.05, 0.1) is 32.9 Å². The summed E-state index contributed by atoms with van der Waals surface area (Å²) in [6.45, 7) is 0. The van der Waals surface area contributed by atoms with E-state index in [-0.39, 0.29) is 12.2 Å². The molecule has 1 aliphatic rings. The molecular formula is C37H32N2O6S. The molecule has 9 heteroatoms.